The van der Waals surface area contributed by atoms with Gasteiger partial charge in [-0.3, -0.25) is 0 Å². The lowest BCUT2D eigenvalue weighted by atomic mass is 9.77. The number of amides is 1. The molecule has 0 spiro atoms. The van der Waals surface area contributed by atoms with E-state index in [0.717, 1.165) is 11.0 Å². The first-order chi connectivity index (χ1) is 11.8. The van der Waals surface area contributed by atoms with Crippen LogP contribution in [0, 0.1) is 0 Å². The van der Waals surface area contributed by atoms with Crippen LogP contribution in [-0.4, -0.2) is 35.1 Å². The van der Waals surface area contributed by atoms with Gasteiger partial charge in [0.25, 0.3) is 0 Å². The molecule has 2 rings (SSSR count). The Morgan fingerprint density at radius 3 is 2.23 bits per heavy atom. The number of aliphatic hydroxyl groups excluding tert-OH is 1. The molecular weight excluding hydrogens is 333 g/mol. The van der Waals surface area contributed by atoms with Gasteiger partial charge in [0.1, 0.15) is 5.60 Å². The molecule has 26 heavy (non-hydrogen) atoms. The van der Waals surface area contributed by atoms with E-state index in [9.17, 15) is 9.90 Å². The highest BCUT2D eigenvalue weighted by atomic mass is 16.7. The van der Waals surface area contributed by atoms with Crippen molar-refractivity contribution in [3.8, 4) is 0 Å². The molecule has 6 nitrogen and oxygen atoms in total. The van der Waals surface area contributed by atoms with E-state index in [1.54, 1.807) is 0 Å². The minimum atomic E-state index is -0.551. The Morgan fingerprint density at radius 1 is 1.15 bits per heavy atom. The number of nitrogens with one attached hydrogen (secondary N) is 1. The van der Waals surface area contributed by atoms with Gasteiger partial charge in [-0.25, -0.2) is 4.79 Å². The van der Waals surface area contributed by atoms with E-state index >= 15 is 0 Å². The highest BCUT2D eigenvalue weighted by Crippen LogP contribution is 2.36. The first-order valence-electron chi connectivity index (χ1n) is 8.90. The predicted octanol–water partition coefficient (Wildman–Crippen LogP) is 2.50. The molecule has 144 valence electrons. The van der Waals surface area contributed by atoms with Crippen LogP contribution in [0.2, 0.25) is 0 Å². The van der Waals surface area contributed by atoms with Crippen molar-refractivity contribution in [3.63, 3.8) is 0 Å². The molecule has 1 amide bonds. The molecule has 1 aromatic carbocycles. The fraction of sp³-hybridized carbons (Fsp3) is 0.632. The van der Waals surface area contributed by atoms with Crippen LogP contribution in [0.3, 0.4) is 0 Å². The second kappa shape index (κ2) is 7.21. The topological polar surface area (TPSA) is 77.0 Å². The number of carbonyl (C=O) groups excluding carboxylic acids is 1. The van der Waals surface area contributed by atoms with Gasteiger partial charge >= 0.3 is 13.2 Å². The molecule has 1 saturated heterocycles. The van der Waals surface area contributed by atoms with Crippen LogP contribution in [0.25, 0.3) is 0 Å². The molecule has 0 bridgehead atoms. The maximum Gasteiger partial charge on any atom is 0.494 e. The van der Waals surface area contributed by atoms with Gasteiger partial charge < -0.3 is 24.5 Å². The van der Waals surface area contributed by atoms with Crippen LogP contribution in [0.4, 0.5) is 4.79 Å². The molecule has 1 aliphatic heterocycles. The minimum absolute atomic E-state index is 0.140. The number of rotatable bonds is 4. The molecule has 0 atom stereocenters. The molecule has 0 aliphatic carbocycles. The highest BCUT2D eigenvalue weighted by Gasteiger charge is 2.51. The fourth-order valence-electron chi connectivity index (χ4n) is 2.57. The average molecular weight is 363 g/mol. The van der Waals surface area contributed by atoms with E-state index in [0.29, 0.717) is 5.56 Å². The van der Waals surface area contributed by atoms with Gasteiger partial charge in [0, 0.05) is 6.54 Å². The zero-order valence-corrected chi connectivity index (χ0v) is 16.8. The number of alkyl carbamates (subject to hydrolysis) is 1. The number of ether oxygens (including phenoxy) is 1. The quantitative estimate of drug-likeness (QED) is 0.804. The van der Waals surface area contributed by atoms with E-state index in [1.165, 1.54) is 0 Å². The smallest absolute Gasteiger partial charge is 0.444 e. The molecular formula is C19H30BNO5. The van der Waals surface area contributed by atoms with Gasteiger partial charge in [-0.2, -0.15) is 0 Å². The van der Waals surface area contributed by atoms with Crippen LogP contribution < -0.4 is 10.8 Å². The lowest BCUT2D eigenvalue weighted by Gasteiger charge is -2.32. The number of hydrogen-bond donors (Lipinski definition) is 2. The third-order valence-electron chi connectivity index (χ3n) is 4.75. The Kier molecular flexibility index (Phi) is 5.76. The average Bonchev–Trinajstić information content (AvgIpc) is 2.71. The third kappa shape index (κ3) is 4.78. The summed E-state index contributed by atoms with van der Waals surface area (Å²) in [5.41, 5.74) is 0.979. The number of aliphatic hydroxyl groups is 1. The van der Waals surface area contributed by atoms with Crippen molar-refractivity contribution in [1.29, 1.82) is 0 Å². The minimum Gasteiger partial charge on any atom is -0.444 e. The number of carbonyl (C=O) groups is 1. The molecule has 1 aromatic rings. The summed E-state index contributed by atoms with van der Waals surface area (Å²) in [5, 5.41) is 12.4. The van der Waals surface area contributed by atoms with Crippen LogP contribution in [0.5, 0.6) is 0 Å². The molecule has 1 aliphatic rings. The van der Waals surface area contributed by atoms with E-state index < -0.39 is 30.0 Å². The number of benzene rings is 1. The maximum absolute atomic E-state index is 11.8. The van der Waals surface area contributed by atoms with Crippen molar-refractivity contribution in [2.45, 2.75) is 78.4 Å². The highest BCUT2D eigenvalue weighted by molar-refractivity contribution is 6.62. The van der Waals surface area contributed by atoms with Gasteiger partial charge in [-0.05, 0) is 65.1 Å². The van der Waals surface area contributed by atoms with Gasteiger partial charge in [0.05, 0.1) is 17.8 Å². The first-order valence-corrected chi connectivity index (χ1v) is 8.90. The van der Waals surface area contributed by atoms with Crippen LogP contribution in [0.15, 0.2) is 18.2 Å². The predicted molar refractivity (Wildman–Crippen MR) is 101 cm³/mol. The molecule has 1 fully saturated rings. The summed E-state index contributed by atoms with van der Waals surface area (Å²) in [6.45, 7) is 13.6. The molecule has 0 aromatic heterocycles. The summed E-state index contributed by atoms with van der Waals surface area (Å²) in [7, 11) is -0.488. The van der Waals surface area contributed by atoms with Gasteiger partial charge in [0.2, 0.25) is 0 Å². The Bertz CT molecular complexity index is 650. The van der Waals surface area contributed by atoms with Crippen LogP contribution in [-0.2, 0) is 27.2 Å². The molecule has 7 heteroatoms. The third-order valence-corrected chi connectivity index (χ3v) is 4.75. The SMILES string of the molecule is CC(C)(C)OC(=O)NCc1ccc(B2OC(C)(C)C(C)(C)O2)cc1CO. The molecule has 0 radical (unpaired) electrons. The van der Waals surface area contributed by atoms with Gasteiger partial charge in [0.15, 0.2) is 0 Å². The second-order valence-electron chi connectivity index (χ2n) is 8.63. The summed E-state index contributed by atoms with van der Waals surface area (Å²) in [5.74, 6) is 0. The number of hydrogen-bond acceptors (Lipinski definition) is 5. The molecule has 1 heterocycles. The van der Waals surface area contributed by atoms with E-state index in [2.05, 4.69) is 5.32 Å². The van der Waals surface area contributed by atoms with Gasteiger partial charge in [-0.15, -0.1) is 0 Å². The Morgan fingerprint density at radius 2 is 1.73 bits per heavy atom. The second-order valence-corrected chi connectivity index (χ2v) is 8.63. The van der Waals surface area contributed by atoms with Crippen molar-refractivity contribution in [2.75, 3.05) is 0 Å². The first kappa shape index (κ1) is 20.7. The normalized spacial score (nSPS) is 18.7. The molecule has 0 saturated carbocycles. The standard InChI is InChI=1S/C19H30BNO5/c1-17(2,3)24-16(23)21-11-13-8-9-15(10-14(13)12-22)20-25-18(4,5)19(6,7)26-20/h8-10,22H,11-12H2,1-7H3,(H,21,23). The summed E-state index contributed by atoms with van der Waals surface area (Å²) in [6, 6.07) is 5.62. The lowest BCUT2D eigenvalue weighted by molar-refractivity contribution is 0.00578. The molecule has 2 N–H and O–H groups in total. The Balaban J connectivity index is 2.10. The van der Waals surface area contributed by atoms with Gasteiger partial charge in [-0.1, -0.05) is 18.2 Å². The van der Waals surface area contributed by atoms with Crippen molar-refractivity contribution in [1.82, 2.24) is 5.32 Å². The summed E-state index contributed by atoms with van der Waals surface area (Å²) >= 11 is 0. The fourth-order valence-corrected chi connectivity index (χ4v) is 2.57. The monoisotopic (exact) mass is 363 g/mol. The van der Waals surface area contributed by atoms with E-state index in [4.69, 9.17) is 14.0 Å². The maximum atomic E-state index is 11.8. The van der Waals surface area contributed by atoms with Crippen molar-refractivity contribution in [2.24, 2.45) is 0 Å². The van der Waals surface area contributed by atoms with Crippen molar-refractivity contribution >= 4 is 18.7 Å². The Labute approximate surface area is 156 Å². The van der Waals surface area contributed by atoms with Crippen molar-refractivity contribution in [3.05, 3.63) is 29.3 Å². The van der Waals surface area contributed by atoms with Crippen molar-refractivity contribution < 1.29 is 23.9 Å². The van der Waals surface area contributed by atoms with E-state index in [-0.39, 0.29) is 13.2 Å². The van der Waals surface area contributed by atoms with Crippen LogP contribution >= 0.6 is 0 Å². The molecule has 0 unspecified atom stereocenters. The largest absolute Gasteiger partial charge is 0.494 e. The van der Waals surface area contributed by atoms with E-state index in [1.807, 2.05) is 66.7 Å². The summed E-state index contributed by atoms with van der Waals surface area (Å²) < 4.78 is 17.3. The summed E-state index contributed by atoms with van der Waals surface area (Å²) in [4.78, 5) is 11.8. The lowest BCUT2D eigenvalue weighted by Crippen LogP contribution is -2.41. The summed E-state index contributed by atoms with van der Waals surface area (Å²) in [6.07, 6.45) is -0.489. The zero-order chi connectivity index (χ0) is 19.8. The Hall–Kier alpha value is -1.57. The zero-order valence-electron chi connectivity index (χ0n) is 16.8. The van der Waals surface area contributed by atoms with Crippen LogP contribution in [0.1, 0.15) is 59.6 Å².